The molecular formula is C86H76ClF3N12O8S3. The molecule has 12 heterocycles. The van der Waals surface area contributed by atoms with Crippen LogP contribution in [-0.4, -0.2) is 128 Å². The van der Waals surface area contributed by atoms with E-state index >= 15 is 0 Å². The molecule has 113 heavy (non-hydrogen) atoms. The SMILES string of the molecule is CC(=O)O.CS(=O)c1cc(-c2c(-c3ccc(F)cc3)nc3n2[C@H](COc2ccc4ccccc4n2)CC3)ccn1.CSc1cc(-c2c(-c3ccc(F)cc3)nc3n2[C@H](CO)CC3)ccn1.CSc1cc(-c2c(-c3ccc(F)cc3)nc3n2[C@H](COc2ccc4ccccc4n2)CC3)ccn1.Clc1ccc2ccccc2n1.OO. The lowest BCUT2D eigenvalue weighted by Gasteiger charge is -2.18. The van der Waals surface area contributed by atoms with Crippen LogP contribution < -0.4 is 9.47 Å². The summed E-state index contributed by atoms with van der Waals surface area (Å²) in [5, 5.41) is 35.4. The predicted octanol–water partition coefficient (Wildman–Crippen LogP) is 19.1. The maximum atomic E-state index is 13.7. The largest absolute Gasteiger partial charge is 0.481 e. The van der Waals surface area contributed by atoms with Gasteiger partial charge in [-0.1, -0.05) is 66.2 Å². The number of halogens is 4. The van der Waals surface area contributed by atoms with Crippen LogP contribution in [0.2, 0.25) is 5.15 Å². The van der Waals surface area contributed by atoms with Gasteiger partial charge in [-0.3, -0.25) is 19.5 Å². The minimum atomic E-state index is -1.23. The van der Waals surface area contributed by atoms with E-state index in [1.54, 1.807) is 84.6 Å². The number of pyridine rings is 6. The number of aromatic nitrogens is 12. The highest BCUT2D eigenvalue weighted by Gasteiger charge is 2.34. The fourth-order valence-corrected chi connectivity index (χ4v) is 15.4. The summed E-state index contributed by atoms with van der Waals surface area (Å²) in [4.78, 5) is 50.3. The van der Waals surface area contributed by atoms with Crippen molar-refractivity contribution in [2.45, 2.75) is 78.7 Å². The van der Waals surface area contributed by atoms with Crippen LogP contribution in [0.25, 0.3) is 100 Å². The van der Waals surface area contributed by atoms with Crippen molar-refractivity contribution in [2.24, 2.45) is 0 Å². The molecular weight excluding hydrogens is 1520 g/mol. The number of hydrogen-bond acceptors (Lipinski definition) is 18. The van der Waals surface area contributed by atoms with Gasteiger partial charge >= 0.3 is 0 Å². The molecule has 0 amide bonds. The zero-order valence-electron chi connectivity index (χ0n) is 61.6. The zero-order chi connectivity index (χ0) is 79.1. The van der Waals surface area contributed by atoms with Crippen LogP contribution in [0.4, 0.5) is 13.2 Å². The fraction of sp³-hybridized carbons (Fsp3) is 0.186. The molecule has 0 spiro atoms. The standard InChI is InChI=1S/C28H23FN4O2S.C28H23FN4OS.C19H18FN3OS.C9H6ClN.C2H4O2.H2O2/c1-36(34)26-16-20(14-15-30-26)28-27(19-6-9-21(29)10-7-19)32-24-12-11-22(33(24)28)17-35-25-13-8-18-4-2-3-5-23(18)31-25;1-35-26-16-20(14-15-30-26)28-27(19-6-9-21(29)10-7-19)32-24-12-11-22(33(24)28)17-34-25-13-8-18-4-2-3-5-23(18)31-25;1-25-17-10-13(8-9-21-17)19-18(12-2-4-14(20)5-3-12)22-16-7-6-15(11-24)23(16)19;10-9-6-5-7-3-1-2-4-8(7)11-9;1-2(3)4;1-2/h2-10,13-16,22H,11-12,17H2,1H3;2-10,13-16,22H,11-12,17H2,1H3;2-5,8-10,15,24H,6-7,11H2,1H3;1-6H;1H3,(H,3,4);1-2H/t22-,36?;22-;15-;;;/m000.../s1. The first-order chi connectivity index (χ1) is 55.1. The first-order valence-corrected chi connectivity index (χ1v) is 40.4. The van der Waals surface area contributed by atoms with E-state index in [1.165, 1.54) is 36.4 Å². The Bertz CT molecular complexity index is 5860. The zero-order valence-corrected chi connectivity index (χ0v) is 64.8. The average molecular weight is 1590 g/mol. The number of carboxylic acids is 1. The van der Waals surface area contributed by atoms with Gasteiger partial charge in [0.05, 0.1) is 96.3 Å². The Labute approximate surface area is 664 Å². The van der Waals surface area contributed by atoms with Gasteiger partial charge in [0.25, 0.3) is 5.97 Å². The number of carbonyl (C=O) groups is 1. The van der Waals surface area contributed by atoms with Crippen LogP contribution >= 0.6 is 35.1 Å². The van der Waals surface area contributed by atoms with E-state index in [2.05, 4.69) is 49.7 Å². The lowest BCUT2D eigenvalue weighted by Crippen LogP contribution is -2.15. The highest BCUT2D eigenvalue weighted by Crippen LogP contribution is 2.44. The lowest BCUT2D eigenvalue weighted by atomic mass is 10.0. The van der Waals surface area contributed by atoms with Crippen molar-refractivity contribution in [2.75, 3.05) is 38.6 Å². The minimum absolute atomic E-state index is 0.0255. The van der Waals surface area contributed by atoms with Gasteiger partial charge in [-0.15, -0.1) is 23.5 Å². The van der Waals surface area contributed by atoms with Gasteiger partial charge in [0.15, 0.2) is 0 Å². The number of aliphatic hydroxyl groups is 1. The fourth-order valence-electron chi connectivity index (χ4n) is 13.9. The molecule has 0 saturated carbocycles. The van der Waals surface area contributed by atoms with Crippen LogP contribution in [0.1, 0.15) is 61.8 Å². The molecule has 0 fully saturated rings. The molecule has 0 aliphatic carbocycles. The number of ether oxygens (including phenoxy) is 2. The monoisotopic (exact) mass is 1590 g/mol. The van der Waals surface area contributed by atoms with E-state index in [4.69, 9.17) is 56.4 Å². The first-order valence-electron chi connectivity index (χ1n) is 36.0. The van der Waals surface area contributed by atoms with Gasteiger partial charge in [-0.25, -0.2) is 58.0 Å². The van der Waals surface area contributed by atoms with Crippen LogP contribution in [0.3, 0.4) is 0 Å². The molecule has 9 aromatic heterocycles. The molecule has 6 aromatic carbocycles. The summed E-state index contributed by atoms with van der Waals surface area (Å²) >= 11 is 8.89. The number of nitrogens with zero attached hydrogens (tertiary/aromatic N) is 12. The topological polar surface area (TPSA) is 264 Å². The average Bonchev–Trinajstić information content (AvgIpc) is 1.61. The highest BCUT2D eigenvalue weighted by atomic mass is 35.5. The Hall–Kier alpha value is -11.5. The first kappa shape index (κ1) is 79.6. The molecule has 15 aromatic rings. The Morgan fingerprint density at radius 1 is 0.469 bits per heavy atom. The number of aliphatic hydroxyl groups excluding tert-OH is 1. The van der Waals surface area contributed by atoms with Crippen LogP contribution in [0, 0.1) is 17.5 Å². The molecule has 1 unspecified atom stereocenters. The Kier molecular flexibility index (Phi) is 26.2. The quantitative estimate of drug-likeness (QED) is 0.0303. The van der Waals surface area contributed by atoms with Gasteiger partial charge in [0.1, 0.15) is 58.3 Å². The van der Waals surface area contributed by atoms with Gasteiger partial charge < -0.3 is 33.4 Å². The summed E-state index contributed by atoms with van der Waals surface area (Å²) in [6, 6.07) is 66.8. The number of imidazole rings is 3. The van der Waals surface area contributed by atoms with Crippen LogP contribution in [0.15, 0.2) is 252 Å². The summed E-state index contributed by atoms with van der Waals surface area (Å²) in [6.07, 6.45) is 16.1. The van der Waals surface area contributed by atoms with Crippen molar-refractivity contribution in [3.63, 3.8) is 0 Å². The molecule has 0 radical (unpaired) electrons. The number of hydrogen-bond donors (Lipinski definition) is 4. The van der Waals surface area contributed by atoms with E-state index in [-0.39, 0.29) is 42.2 Å². The molecule has 574 valence electrons. The number of fused-ring (bicyclic) bond motifs is 6. The molecule has 0 bridgehead atoms. The second-order valence-corrected chi connectivity index (χ2v) is 29.6. The van der Waals surface area contributed by atoms with Crippen molar-refractivity contribution in [3.05, 3.63) is 277 Å². The molecule has 4 atom stereocenters. The summed E-state index contributed by atoms with van der Waals surface area (Å²) in [5.41, 5.74) is 13.6. The number of aliphatic carboxylic acids is 1. The molecule has 0 saturated heterocycles. The van der Waals surface area contributed by atoms with Gasteiger partial charge in [0.2, 0.25) is 11.8 Å². The number of thioether (sulfide) groups is 2. The molecule has 27 heteroatoms. The van der Waals surface area contributed by atoms with E-state index in [9.17, 15) is 22.5 Å². The Balaban J connectivity index is 0.000000136. The van der Waals surface area contributed by atoms with E-state index in [0.717, 1.165) is 173 Å². The van der Waals surface area contributed by atoms with Crippen molar-refractivity contribution < 1.29 is 52.4 Å². The number of benzene rings is 6. The van der Waals surface area contributed by atoms with Gasteiger partial charge in [0, 0.05) is 113 Å². The van der Waals surface area contributed by atoms with E-state index in [1.807, 2.05) is 152 Å². The number of para-hydroxylation sites is 3. The maximum absolute atomic E-state index is 13.7. The Morgan fingerprint density at radius 2 is 0.814 bits per heavy atom. The molecule has 3 aliphatic rings. The summed E-state index contributed by atoms with van der Waals surface area (Å²) < 4.78 is 71.8. The van der Waals surface area contributed by atoms with Crippen molar-refractivity contribution >= 4 is 84.6 Å². The number of rotatable bonds is 16. The molecule has 4 N–H and O–H groups in total. The maximum Gasteiger partial charge on any atom is 0.300 e. The second-order valence-electron chi connectivity index (χ2n) is 26.2. The molecule has 18 rings (SSSR count). The third kappa shape index (κ3) is 18.8. The predicted molar refractivity (Wildman–Crippen MR) is 437 cm³/mol. The minimum Gasteiger partial charge on any atom is -0.481 e. The molecule has 20 nitrogen and oxygen atoms in total. The number of carboxylic acid groups (broad SMARTS) is 1. The van der Waals surface area contributed by atoms with Crippen molar-refractivity contribution in [1.82, 2.24) is 58.6 Å². The van der Waals surface area contributed by atoms with E-state index < -0.39 is 16.8 Å². The number of aryl methyl sites for hydroxylation is 3. The van der Waals surface area contributed by atoms with Crippen molar-refractivity contribution in [3.8, 4) is 79.3 Å². The smallest absolute Gasteiger partial charge is 0.300 e. The summed E-state index contributed by atoms with van der Waals surface area (Å²) in [6.45, 7) is 2.09. The summed E-state index contributed by atoms with van der Waals surface area (Å²) in [5.74, 6) is 2.47. The van der Waals surface area contributed by atoms with Gasteiger partial charge in [-0.2, -0.15) is 0 Å². The third-order valence-corrected chi connectivity index (χ3v) is 21.3. The van der Waals surface area contributed by atoms with Crippen LogP contribution in [-0.2, 0) is 34.9 Å². The lowest BCUT2D eigenvalue weighted by molar-refractivity contribution is -0.176. The normalized spacial score (nSPS) is 14.5. The van der Waals surface area contributed by atoms with Gasteiger partial charge in [-0.05, 0) is 183 Å². The third-order valence-electron chi connectivity index (χ3n) is 19.0. The van der Waals surface area contributed by atoms with Crippen LogP contribution in [0.5, 0.6) is 11.8 Å². The van der Waals surface area contributed by atoms with Crippen molar-refractivity contribution in [1.29, 1.82) is 0 Å². The second kappa shape index (κ2) is 37.2. The molecule has 3 aliphatic heterocycles. The summed E-state index contributed by atoms with van der Waals surface area (Å²) in [7, 11) is -1.23. The Morgan fingerprint density at radius 3 is 1.19 bits per heavy atom. The highest BCUT2D eigenvalue weighted by molar-refractivity contribution is 7.98. The van der Waals surface area contributed by atoms with E-state index in [0.29, 0.717) is 35.2 Å².